The van der Waals surface area contributed by atoms with Crippen molar-refractivity contribution in [3.05, 3.63) is 65.2 Å². The van der Waals surface area contributed by atoms with Crippen molar-refractivity contribution in [2.45, 2.75) is 20.7 Å². The summed E-state index contributed by atoms with van der Waals surface area (Å²) in [4.78, 5) is 14.6. The van der Waals surface area contributed by atoms with Gasteiger partial charge in [-0.3, -0.25) is 4.79 Å². The number of benzene rings is 2. The molecule has 7 heteroatoms. The molecule has 0 aliphatic rings. The maximum atomic E-state index is 12.5. The molecular formula is C17H15N3OS3. The van der Waals surface area contributed by atoms with E-state index in [2.05, 4.69) is 15.5 Å². The van der Waals surface area contributed by atoms with E-state index in [9.17, 15) is 4.79 Å². The van der Waals surface area contributed by atoms with Crippen LogP contribution >= 0.6 is 34.9 Å². The van der Waals surface area contributed by atoms with Gasteiger partial charge in [0.15, 0.2) is 4.34 Å². The zero-order valence-electron chi connectivity index (χ0n) is 12.9. The number of nitrogens with one attached hydrogen (secondary N) is 1. The number of amides is 1. The number of nitrogens with zero attached hydrogens (tertiary/aromatic N) is 2. The highest BCUT2D eigenvalue weighted by Crippen LogP contribution is 2.30. The Balaban J connectivity index is 1.70. The summed E-state index contributed by atoms with van der Waals surface area (Å²) in [6.45, 7) is 0.390. The Hall–Kier alpha value is -1.83. The second-order valence-corrected chi connectivity index (χ2v) is 7.99. The number of aromatic nitrogens is 2. The molecule has 1 aromatic heterocycles. The largest absolute Gasteiger partial charge is 0.345 e. The molecule has 0 radical (unpaired) electrons. The monoisotopic (exact) mass is 373 g/mol. The fourth-order valence-electron chi connectivity index (χ4n) is 2.00. The van der Waals surface area contributed by atoms with Gasteiger partial charge in [0.2, 0.25) is 0 Å². The lowest BCUT2D eigenvalue weighted by Gasteiger charge is -2.09. The lowest BCUT2D eigenvalue weighted by Crippen LogP contribution is -2.23. The summed E-state index contributed by atoms with van der Waals surface area (Å²) in [5.74, 6) is -0.102. The van der Waals surface area contributed by atoms with Crippen LogP contribution < -0.4 is 5.32 Å². The number of thioether (sulfide) groups is 1. The van der Waals surface area contributed by atoms with Crippen LogP contribution in [-0.4, -0.2) is 22.4 Å². The Morgan fingerprint density at radius 2 is 1.83 bits per heavy atom. The molecule has 0 spiro atoms. The van der Waals surface area contributed by atoms with Crippen LogP contribution in [0.1, 0.15) is 15.4 Å². The van der Waals surface area contributed by atoms with Gasteiger partial charge in [-0.25, -0.2) is 0 Å². The highest BCUT2D eigenvalue weighted by Gasteiger charge is 2.13. The van der Waals surface area contributed by atoms with Crippen molar-refractivity contribution in [1.82, 2.24) is 15.5 Å². The first-order valence-corrected chi connectivity index (χ1v) is 10.1. The van der Waals surface area contributed by atoms with Gasteiger partial charge in [0.25, 0.3) is 5.91 Å². The molecule has 0 atom stereocenters. The van der Waals surface area contributed by atoms with Gasteiger partial charge in [-0.2, -0.15) is 0 Å². The van der Waals surface area contributed by atoms with E-state index in [1.54, 1.807) is 23.5 Å². The molecule has 4 nitrogen and oxygen atoms in total. The molecule has 1 amide bonds. The van der Waals surface area contributed by atoms with Crippen LogP contribution in [0.3, 0.4) is 0 Å². The molecule has 122 valence electrons. The molecule has 0 aliphatic carbocycles. The van der Waals surface area contributed by atoms with E-state index in [1.165, 1.54) is 11.3 Å². The van der Waals surface area contributed by atoms with Gasteiger partial charge >= 0.3 is 0 Å². The van der Waals surface area contributed by atoms with Gasteiger partial charge in [-0.15, -0.1) is 10.2 Å². The van der Waals surface area contributed by atoms with Crippen molar-refractivity contribution < 1.29 is 4.79 Å². The first-order valence-electron chi connectivity index (χ1n) is 7.23. The Morgan fingerprint density at radius 3 is 2.58 bits per heavy atom. The summed E-state index contributed by atoms with van der Waals surface area (Å²) in [5.41, 5.74) is 0.668. The summed E-state index contributed by atoms with van der Waals surface area (Å²) in [6.07, 6.45) is 1.96. The highest BCUT2D eigenvalue weighted by molar-refractivity contribution is 8.00. The summed E-state index contributed by atoms with van der Waals surface area (Å²) in [6, 6.07) is 17.6. The predicted molar refractivity (Wildman–Crippen MR) is 99.9 cm³/mol. The van der Waals surface area contributed by atoms with E-state index in [0.29, 0.717) is 12.1 Å². The minimum atomic E-state index is -0.102. The van der Waals surface area contributed by atoms with Gasteiger partial charge < -0.3 is 5.32 Å². The molecule has 0 fully saturated rings. The summed E-state index contributed by atoms with van der Waals surface area (Å²) in [7, 11) is 0. The number of carbonyl (C=O) groups is 1. The Labute approximate surface area is 153 Å². The van der Waals surface area contributed by atoms with Crippen molar-refractivity contribution in [2.75, 3.05) is 6.26 Å². The molecule has 24 heavy (non-hydrogen) atoms. The first-order chi connectivity index (χ1) is 11.8. The smallest absolute Gasteiger partial charge is 0.252 e. The molecule has 0 bridgehead atoms. The van der Waals surface area contributed by atoms with Crippen molar-refractivity contribution in [3.8, 4) is 0 Å². The van der Waals surface area contributed by atoms with Crippen LogP contribution in [0.25, 0.3) is 0 Å². The molecular weight excluding hydrogens is 358 g/mol. The van der Waals surface area contributed by atoms with Gasteiger partial charge in [0, 0.05) is 9.79 Å². The van der Waals surface area contributed by atoms with Gasteiger partial charge in [0.05, 0.1) is 12.1 Å². The van der Waals surface area contributed by atoms with Crippen LogP contribution in [0.2, 0.25) is 0 Å². The minimum Gasteiger partial charge on any atom is -0.345 e. The zero-order chi connectivity index (χ0) is 16.8. The third-order valence-corrected chi connectivity index (χ3v) is 6.11. The molecule has 2 aromatic carbocycles. The molecule has 0 saturated heterocycles. The van der Waals surface area contributed by atoms with Gasteiger partial charge in [-0.05, 0) is 30.5 Å². The van der Waals surface area contributed by atoms with Crippen molar-refractivity contribution in [3.63, 3.8) is 0 Å². The van der Waals surface area contributed by atoms with Crippen molar-refractivity contribution >= 4 is 40.8 Å². The van der Waals surface area contributed by atoms with E-state index in [4.69, 9.17) is 0 Å². The normalized spacial score (nSPS) is 10.5. The van der Waals surface area contributed by atoms with Crippen LogP contribution in [0.5, 0.6) is 0 Å². The van der Waals surface area contributed by atoms with E-state index in [0.717, 1.165) is 19.1 Å². The van der Waals surface area contributed by atoms with Crippen LogP contribution in [0.15, 0.2) is 68.7 Å². The third kappa shape index (κ3) is 4.37. The maximum absolute atomic E-state index is 12.5. The number of carbonyl (C=O) groups excluding carboxylic acids is 1. The average Bonchev–Trinajstić information content (AvgIpc) is 3.09. The first kappa shape index (κ1) is 17.0. The molecule has 3 aromatic rings. The third-order valence-electron chi connectivity index (χ3n) is 3.13. The maximum Gasteiger partial charge on any atom is 0.252 e. The van der Waals surface area contributed by atoms with Crippen molar-refractivity contribution in [2.24, 2.45) is 0 Å². The Morgan fingerprint density at radius 1 is 1.08 bits per heavy atom. The summed E-state index contributed by atoms with van der Waals surface area (Å²) < 4.78 is 0.902. The average molecular weight is 374 g/mol. The quantitative estimate of drug-likeness (QED) is 0.651. The molecule has 0 saturated carbocycles. The zero-order valence-corrected chi connectivity index (χ0v) is 15.4. The van der Waals surface area contributed by atoms with E-state index < -0.39 is 0 Å². The van der Waals surface area contributed by atoms with Crippen LogP contribution in [-0.2, 0) is 6.54 Å². The second kappa shape index (κ2) is 8.32. The predicted octanol–water partition coefficient (Wildman–Crippen LogP) is 4.34. The molecule has 1 heterocycles. The minimum absolute atomic E-state index is 0.102. The lowest BCUT2D eigenvalue weighted by molar-refractivity contribution is 0.0948. The fraction of sp³-hybridized carbons (Fsp3) is 0.118. The Bertz CT molecular complexity index is 821. The molecule has 1 N–H and O–H groups in total. The van der Waals surface area contributed by atoms with Gasteiger partial charge in [0.1, 0.15) is 5.01 Å². The van der Waals surface area contributed by atoms with Crippen molar-refractivity contribution in [1.29, 1.82) is 0 Å². The van der Waals surface area contributed by atoms with E-state index in [-0.39, 0.29) is 5.91 Å². The molecule has 0 aliphatic heterocycles. The summed E-state index contributed by atoms with van der Waals surface area (Å²) in [5, 5.41) is 11.8. The van der Waals surface area contributed by atoms with E-state index in [1.807, 2.05) is 60.9 Å². The fourth-order valence-corrected chi connectivity index (χ4v) is 4.22. The molecule has 0 unspecified atom stereocenters. The number of rotatable bonds is 6. The molecule has 3 rings (SSSR count). The SMILES string of the molecule is CSc1nnc(CNC(=O)c2ccccc2Sc2ccccc2)s1. The van der Waals surface area contributed by atoms with Gasteiger partial charge in [-0.1, -0.05) is 65.2 Å². The second-order valence-electron chi connectivity index (χ2n) is 4.76. The standard InChI is InChI=1S/C17H15N3OS3/c1-22-17-20-19-15(24-17)11-18-16(21)13-9-5-6-10-14(13)23-12-7-3-2-4-8-12/h2-10H,11H2,1H3,(H,18,21). The topological polar surface area (TPSA) is 54.9 Å². The highest BCUT2D eigenvalue weighted by atomic mass is 32.2. The lowest BCUT2D eigenvalue weighted by atomic mass is 10.2. The van der Waals surface area contributed by atoms with E-state index >= 15 is 0 Å². The van der Waals surface area contributed by atoms with Crippen LogP contribution in [0, 0.1) is 0 Å². The Kier molecular flexibility index (Phi) is 5.90. The number of hydrogen-bond acceptors (Lipinski definition) is 6. The summed E-state index contributed by atoms with van der Waals surface area (Å²) >= 11 is 4.63. The van der Waals surface area contributed by atoms with Crippen LogP contribution in [0.4, 0.5) is 0 Å². The number of hydrogen-bond donors (Lipinski definition) is 1.